The fourth-order valence-electron chi connectivity index (χ4n) is 3.29. The van der Waals surface area contributed by atoms with E-state index in [9.17, 15) is 10.2 Å². The smallest absolute Gasteiger partial charge is 0.172 e. The number of benzene rings is 2. The summed E-state index contributed by atoms with van der Waals surface area (Å²) in [7, 11) is 0. The zero-order valence-electron chi connectivity index (χ0n) is 12.9. The molecule has 23 heavy (non-hydrogen) atoms. The Kier molecular flexibility index (Phi) is 4.74. The summed E-state index contributed by atoms with van der Waals surface area (Å²) in [6.45, 7) is 6.43. The summed E-state index contributed by atoms with van der Waals surface area (Å²) < 4.78 is 0.605. The number of phenolic OH excluding ortho intramolecular Hbond substituents is 2. The van der Waals surface area contributed by atoms with Crippen LogP contribution >= 0.6 is 15.9 Å². The first kappa shape index (κ1) is 16.1. The maximum atomic E-state index is 10.1. The van der Waals surface area contributed by atoms with Gasteiger partial charge in [-0.15, -0.1) is 6.58 Å². The van der Waals surface area contributed by atoms with E-state index in [1.807, 2.05) is 24.3 Å². The Hall–Kier alpha value is -1.78. The molecule has 0 amide bonds. The molecule has 1 aliphatic rings. The highest BCUT2D eigenvalue weighted by molar-refractivity contribution is 9.10. The van der Waals surface area contributed by atoms with Crippen LogP contribution in [0, 0.1) is 0 Å². The van der Waals surface area contributed by atoms with Gasteiger partial charge in [0.2, 0.25) is 0 Å². The molecule has 0 radical (unpaired) electrons. The zero-order chi connectivity index (χ0) is 16.4. The van der Waals surface area contributed by atoms with E-state index in [2.05, 4.69) is 39.5 Å². The first-order valence-corrected chi connectivity index (χ1v) is 8.52. The highest BCUT2D eigenvalue weighted by atomic mass is 79.9. The van der Waals surface area contributed by atoms with Gasteiger partial charge >= 0.3 is 0 Å². The topological polar surface area (TPSA) is 43.7 Å². The molecule has 0 aliphatic carbocycles. The molecule has 120 valence electrons. The lowest BCUT2D eigenvalue weighted by Gasteiger charge is -2.24. The first-order valence-electron chi connectivity index (χ1n) is 7.73. The van der Waals surface area contributed by atoms with Gasteiger partial charge < -0.3 is 10.2 Å². The SMILES string of the molecule is C=CCN1CCc2c(cc(O)c(O)c2Br)[C@@H](c2ccccc2)C1. The quantitative estimate of drug-likeness (QED) is 0.630. The van der Waals surface area contributed by atoms with Crippen LogP contribution in [0.1, 0.15) is 22.6 Å². The highest BCUT2D eigenvalue weighted by Gasteiger charge is 2.27. The fourth-order valence-corrected chi connectivity index (χ4v) is 3.92. The van der Waals surface area contributed by atoms with E-state index in [0.29, 0.717) is 4.47 Å². The van der Waals surface area contributed by atoms with Crippen molar-refractivity contribution in [1.29, 1.82) is 0 Å². The number of halogens is 1. The standard InChI is InChI=1S/C19H20BrNO2/c1-2-9-21-10-8-14-15(11-17(22)19(23)18(14)20)16(12-21)13-6-4-3-5-7-13/h2-7,11,16,22-23H,1,8-10,12H2/t16-/m1/s1. The van der Waals surface area contributed by atoms with E-state index in [-0.39, 0.29) is 17.4 Å². The van der Waals surface area contributed by atoms with Gasteiger partial charge in [-0.3, -0.25) is 4.90 Å². The molecule has 3 rings (SSSR count). The van der Waals surface area contributed by atoms with Crippen molar-refractivity contribution < 1.29 is 10.2 Å². The van der Waals surface area contributed by atoms with E-state index in [4.69, 9.17) is 0 Å². The molecule has 0 aromatic heterocycles. The predicted octanol–water partition coefficient (Wildman–Crippen LogP) is 4.04. The van der Waals surface area contributed by atoms with Gasteiger partial charge in [0, 0.05) is 25.6 Å². The van der Waals surface area contributed by atoms with E-state index in [0.717, 1.165) is 37.2 Å². The summed E-state index contributed by atoms with van der Waals surface area (Å²) in [6, 6.07) is 12.0. The minimum atomic E-state index is -0.0762. The molecule has 4 heteroatoms. The van der Waals surface area contributed by atoms with Crippen LogP contribution in [0.15, 0.2) is 53.5 Å². The van der Waals surface area contributed by atoms with Gasteiger partial charge in [-0.05, 0) is 45.1 Å². The summed E-state index contributed by atoms with van der Waals surface area (Å²) >= 11 is 3.46. The monoisotopic (exact) mass is 373 g/mol. The molecule has 2 aromatic carbocycles. The number of rotatable bonds is 3. The maximum absolute atomic E-state index is 10.1. The molecule has 0 bridgehead atoms. The molecule has 2 aromatic rings. The molecular weight excluding hydrogens is 354 g/mol. The number of nitrogens with zero attached hydrogens (tertiary/aromatic N) is 1. The molecule has 0 saturated heterocycles. The van der Waals surface area contributed by atoms with E-state index < -0.39 is 0 Å². The lowest BCUT2D eigenvalue weighted by Crippen LogP contribution is -2.28. The Bertz CT molecular complexity index is 715. The van der Waals surface area contributed by atoms with Gasteiger partial charge in [-0.25, -0.2) is 0 Å². The second-order valence-electron chi connectivity index (χ2n) is 5.89. The lowest BCUT2D eigenvalue weighted by molar-refractivity contribution is 0.306. The van der Waals surface area contributed by atoms with Crippen molar-refractivity contribution in [3.8, 4) is 11.5 Å². The van der Waals surface area contributed by atoms with Crippen molar-refractivity contribution in [3.63, 3.8) is 0 Å². The average molecular weight is 374 g/mol. The molecule has 1 atom stereocenters. The largest absolute Gasteiger partial charge is 0.504 e. The van der Waals surface area contributed by atoms with Gasteiger partial charge in [-0.2, -0.15) is 0 Å². The molecule has 2 N–H and O–H groups in total. The molecule has 0 fully saturated rings. The summed E-state index contributed by atoms with van der Waals surface area (Å²) in [5.74, 6) is -0.00194. The molecule has 1 heterocycles. The Labute approximate surface area is 145 Å². The van der Waals surface area contributed by atoms with Gasteiger partial charge in [0.05, 0.1) is 4.47 Å². The van der Waals surface area contributed by atoms with E-state index in [1.54, 1.807) is 6.07 Å². The molecule has 1 aliphatic heterocycles. The molecule has 3 nitrogen and oxygen atoms in total. The van der Waals surface area contributed by atoms with E-state index in [1.165, 1.54) is 5.56 Å². The average Bonchev–Trinajstić information content (AvgIpc) is 2.74. The van der Waals surface area contributed by atoms with E-state index >= 15 is 0 Å². The molecular formula is C19H20BrNO2. The third-order valence-corrected chi connectivity index (χ3v) is 5.29. The van der Waals surface area contributed by atoms with Crippen LogP contribution < -0.4 is 0 Å². The number of aromatic hydroxyl groups is 2. The number of hydrogen-bond acceptors (Lipinski definition) is 3. The third-order valence-electron chi connectivity index (χ3n) is 4.44. The zero-order valence-corrected chi connectivity index (χ0v) is 14.5. The Morgan fingerprint density at radius 1 is 1.26 bits per heavy atom. The number of phenols is 2. The Balaban J connectivity index is 2.13. The second kappa shape index (κ2) is 6.77. The van der Waals surface area contributed by atoms with Crippen LogP contribution in [0.2, 0.25) is 0 Å². The predicted molar refractivity (Wildman–Crippen MR) is 96.1 cm³/mol. The van der Waals surface area contributed by atoms with Crippen molar-refractivity contribution >= 4 is 15.9 Å². The first-order chi connectivity index (χ1) is 11.1. The van der Waals surface area contributed by atoms with Gasteiger partial charge in [0.25, 0.3) is 0 Å². The molecule has 0 spiro atoms. The summed E-state index contributed by atoms with van der Waals surface area (Å²) in [5.41, 5.74) is 3.35. The van der Waals surface area contributed by atoms with Crippen molar-refractivity contribution in [3.05, 3.63) is 70.2 Å². The summed E-state index contributed by atoms with van der Waals surface area (Å²) in [6.07, 6.45) is 2.74. The van der Waals surface area contributed by atoms with Gasteiger partial charge in [0.15, 0.2) is 11.5 Å². The van der Waals surface area contributed by atoms with Crippen LogP contribution in [-0.4, -0.2) is 34.7 Å². The van der Waals surface area contributed by atoms with Crippen LogP contribution in [0.4, 0.5) is 0 Å². The van der Waals surface area contributed by atoms with Crippen molar-refractivity contribution in [1.82, 2.24) is 4.90 Å². The highest BCUT2D eigenvalue weighted by Crippen LogP contribution is 2.43. The van der Waals surface area contributed by atoms with Crippen molar-refractivity contribution in [2.75, 3.05) is 19.6 Å². The lowest BCUT2D eigenvalue weighted by atomic mass is 9.87. The van der Waals surface area contributed by atoms with Gasteiger partial charge in [-0.1, -0.05) is 36.4 Å². The van der Waals surface area contributed by atoms with Crippen LogP contribution in [0.3, 0.4) is 0 Å². The number of fused-ring (bicyclic) bond motifs is 1. The van der Waals surface area contributed by atoms with Crippen molar-refractivity contribution in [2.45, 2.75) is 12.3 Å². The fraction of sp³-hybridized carbons (Fsp3) is 0.263. The number of hydrogen-bond donors (Lipinski definition) is 2. The molecule has 0 saturated carbocycles. The maximum Gasteiger partial charge on any atom is 0.172 e. The molecule has 0 unspecified atom stereocenters. The van der Waals surface area contributed by atoms with Crippen LogP contribution in [0.5, 0.6) is 11.5 Å². The minimum absolute atomic E-state index is 0.0753. The van der Waals surface area contributed by atoms with Crippen LogP contribution in [-0.2, 0) is 6.42 Å². The van der Waals surface area contributed by atoms with Gasteiger partial charge in [0.1, 0.15) is 0 Å². The summed E-state index contributed by atoms with van der Waals surface area (Å²) in [5, 5.41) is 20.1. The Morgan fingerprint density at radius 3 is 2.70 bits per heavy atom. The minimum Gasteiger partial charge on any atom is -0.504 e. The third kappa shape index (κ3) is 3.14. The van der Waals surface area contributed by atoms with Crippen LogP contribution in [0.25, 0.3) is 0 Å². The van der Waals surface area contributed by atoms with Crippen molar-refractivity contribution in [2.24, 2.45) is 0 Å². The Morgan fingerprint density at radius 2 is 2.00 bits per heavy atom. The summed E-state index contributed by atoms with van der Waals surface area (Å²) in [4.78, 5) is 2.35. The normalized spacial score (nSPS) is 18.2. The second-order valence-corrected chi connectivity index (χ2v) is 6.68.